The maximum absolute atomic E-state index is 11.3. The van der Waals surface area contributed by atoms with Gasteiger partial charge in [0.15, 0.2) is 0 Å². The van der Waals surface area contributed by atoms with Crippen molar-refractivity contribution in [2.45, 2.75) is 45.2 Å². The van der Waals surface area contributed by atoms with Gasteiger partial charge in [-0.2, -0.15) is 0 Å². The van der Waals surface area contributed by atoms with E-state index in [9.17, 15) is 9.90 Å². The van der Waals surface area contributed by atoms with Crippen molar-refractivity contribution in [2.24, 2.45) is 11.8 Å². The Morgan fingerprint density at radius 3 is 2.59 bits per heavy atom. The van der Waals surface area contributed by atoms with E-state index in [2.05, 4.69) is 24.1 Å². The largest absolute Gasteiger partial charge is 0.481 e. The van der Waals surface area contributed by atoms with Gasteiger partial charge in [0.25, 0.3) is 0 Å². The first-order valence-electron chi connectivity index (χ1n) is 6.78. The van der Waals surface area contributed by atoms with Gasteiger partial charge in [0.05, 0.1) is 5.92 Å². The van der Waals surface area contributed by atoms with Gasteiger partial charge < -0.3 is 15.3 Å². The van der Waals surface area contributed by atoms with Crippen molar-refractivity contribution in [2.75, 3.05) is 19.6 Å². The molecule has 0 amide bonds. The average Bonchev–Trinajstić information content (AvgIpc) is 2.94. The number of carboxylic acids is 1. The second-order valence-electron chi connectivity index (χ2n) is 5.76. The van der Waals surface area contributed by atoms with Gasteiger partial charge in [0.2, 0.25) is 0 Å². The van der Waals surface area contributed by atoms with Crippen LogP contribution < -0.4 is 5.32 Å². The molecule has 0 aromatic heterocycles. The van der Waals surface area contributed by atoms with E-state index < -0.39 is 5.97 Å². The van der Waals surface area contributed by atoms with Crippen molar-refractivity contribution in [1.82, 2.24) is 10.2 Å². The average molecular weight is 240 g/mol. The lowest BCUT2D eigenvalue weighted by Crippen LogP contribution is -2.37. The number of hydrogen-bond donors (Lipinski definition) is 2. The van der Waals surface area contributed by atoms with Gasteiger partial charge in [-0.25, -0.2) is 0 Å². The molecule has 0 bridgehead atoms. The van der Waals surface area contributed by atoms with Gasteiger partial charge in [-0.05, 0) is 45.6 Å². The summed E-state index contributed by atoms with van der Waals surface area (Å²) in [6.07, 6.45) is 3.46. The molecule has 1 saturated heterocycles. The van der Waals surface area contributed by atoms with Crippen molar-refractivity contribution in [3.8, 4) is 0 Å². The zero-order chi connectivity index (χ0) is 12.4. The quantitative estimate of drug-likeness (QED) is 0.732. The maximum Gasteiger partial charge on any atom is 0.308 e. The lowest BCUT2D eigenvalue weighted by atomic mass is 9.91. The minimum Gasteiger partial charge on any atom is -0.481 e. The highest BCUT2D eigenvalue weighted by Gasteiger charge is 2.35. The molecule has 0 radical (unpaired) electrons. The molecule has 1 heterocycles. The minimum absolute atomic E-state index is 0.209. The zero-order valence-electron chi connectivity index (χ0n) is 10.9. The van der Waals surface area contributed by atoms with Crippen LogP contribution in [-0.4, -0.2) is 47.7 Å². The third-order valence-corrected chi connectivity index (χ3v) is 4.08. The van der Waals surface area contributed by atoms with E-state index in [1.807, 2.05) is 0 Å². The van der Waals surface area contributed by atoms with Crippen LogP contribution in [0.4, 0.5) is 0 Å². The number of nitrogens with one attached hydrogen (secondary N) is 1. The molecule has 0 spiro atoms. The first-order valence-corrected chi connectivity index (χ1v) is 6.78. The Labute approximate surface area is 103 Å². The van der Waals surface area contributed by atoms with Crippen LogP contribution in [0.25, 0.3) is 0 Å². The molecule has 2 fully saturated rings. The number of rotatable bonds is 6. The molecule has 4 heteroatoms. The van der Waals surface area contributed by atoms with Crippen LogP contribution in [0.3, 0.4) is 0 Å². The van der Waals surface area contributed by atoms with Gasteiger partial charge in [-0.3, -0.25) is 4.79 Å². The first-order chi connectivity index (χ1) is 8.08. The SMILES string of the molecule is CC(C)N1CCC(C(CNC2CC2)C(=O)O)C1. The highest BCUT2D eigenvalue weighted by molar-refractivity contribution is 5.70. The minimum atomic E-state index is -0.631. The van der Waals surface area contributed by atoms with E-state index in [1.165, 1.54) is 12.8 Å². The summed E-state index contributed by atoms with van der Waals surface area (Å²) >= 11 is 0. The van der Waals surface area contributed by atoms with E-state index in [0.29, 0.717) is 24.5 Å². The molecule has 2 rings (SSSR count). The van der Waals surface area contributed by atoms with Crippen molar-refractivity contribution >= 4 is 5.97 Å². The van der Waals surface area contributed by atoms with E-state index in [0.717, 1.165) is 19.5 Å². The Kier molecular flexibility index (Phi) is 4.05. The lowest BCUT2D eigenvalue weighted by molar-refractivity contribution is -0.143. The topological polar surface area (TPSA) is 52.6 Å². The number of carboxylic acid groups (broad SMARTS) is 1. The van der Waals surface area contributed by atoms with Gasteiger partial charge in [0.1, 0.15) is 0 Å². The Balaban J connectivity index is 1.85. The van der Waals surface area contributed by atoms with Crippen LogP contribution in [0.2, 0.25) is 0 Å². The van der Waals surface area contributed by atoms with E-state index in [4.69, 9.17) is 0 Å². The molecule has 2 unspecified atom stereocenters. The normalized spacial score (nSPS) is 27.6. The van der Waals surface area contributed by atoms with E-state index >= 15 is 0 Å². The van der Waals surface area contributed by atoms with Crippen LogP contribution in [-0.2, 0) is 4.79 Å². The standard InChI is InChI=1S/C13H24N2O2/c1-9(2)15-6-5-10(8-15)12(13(16)17)7-14-11-3-4-11/h9-12,14H,3-8H2,1-2H3,(H,16,17). The summed E-state index contributed by atoms with van der Waals surface area (Å²) in [6, 6.07) is 1.13. The molecule has 17 heavy (non-hydrogen) atoms. The fourth-order valence-corrected chi connectivity index (χ4v) is 2.65. The Morgan fingerprint density at radius 1 is 1.41 bits per heavy atom. The molecule has 2 atom stereocenters. The van der Waals surface area contributed by atoms with E-state index in [-0.39, 0.29) is 5.92 Å². The summed E-state index contributed by atoms with van der Waals surface area (Å²) in [7, 11) is 0. The predicted octanol–water partition coefficient (Wildman–Crippen LogP) is 1.17. The van der Waals surface area contributed by atoms with Crippen LogP contribution >= 0.6 is 0 Å². The maximum atomic E-state index is 11.3. The number of carbonyl (C=O) groups is 1. The molecule has 2 N–H and O–H groups in total. The molecule has 0 aromatic rings. The van der Waals surface area contributed by atoms with Crippen molar-refractivity contribution in [1.29, 1.82) is 0 Å². The van der Waals surface area contributed by atoms with Crippen LogP contribution in [0, 0.1) is 11.8 Å². The monoisotopic (exact) mass is 240 g/mol. The van der Waals surface area contributed by atoms with Gasteiger partial charge in [0, 0.05) is 25.2 Å². The molecule has 0 aromatic carbocycles. The third kappa shape index (κ3) is 3.42. The lowest BCUT2D eigenvalue weighted by Gasteiger charge is -2.23. The fraction of sp³-hybridized carbons (Fsp3) is 0.923. The number of hydrogen-bond acceptors (Lipinski definition) is 3. The molecule has 4 nitrogen and oxygen atoms in total. The van der Waals surface area contributed by atoms with Crippen LogP contribution in [0.1, 0.15) is 33.1 Å². The summed E-state index contributed by atoms with van der Waals surface area (Å²) in [4.78, 5) is 13.7. The van der Waals surface area contributed by atoms with Crippen LogP contribution in [0.5, 0.6) is 0 Å². The van der Waals surface area contributed by atoms with Crippen molar-refractivity contribution in [3.05, 3.63) is 0 Å². The highest BCUT2D eigenvalue weighted by Crippen LogP contribution is 2.27. The number of likely N-dealkylation sites (tertiary alicyclic amines) is 1. The van der Waals surface area contributed by atoms with E-state index in [1.54, 1.807) is 0 Å². The van der Waals surface area contributed by atoms with Gasteiger partial charge in [-0.1, -0.05) is 0 Å². The molecule has 1 saturated carbocycles. The second kappa shape index (κ2) is 5.36. The van der Waals surface area contributed by atoms with Gasteiger partial charge in [-0.15, -0.1) is 0 Å². The summed E-state index contributed by atoms with van der Waals surface area (Å²) in [6.45, 7) is 7.01. The fourth-order valence-electron chi connectivity index (χ4n) is 2.65. The number of nitrogens with zero attached hydrogens (tertiary/aromatic N) is 1. The molecular weight excluding hydrogens is 216 g/mol. The third-order valence-electron chi connectivity index (χ3n) is 4.08. The molecular formula is C13H24N2O2. The smallest absolute Gasteiger partial charge is 0.308 e. The molecule has 1 aliphatic heterocycles. The van der Waals surface area contributed by atoms with Crippen LogP contribution in [0.15, 0.2) is 0 Å². The predicted molar refractivity (Wildman–Crippen MR) is 67.0 cm³/mol. The molecule has 2 aliphatic rings. The Bertz CT molecular complexity index is 277. The molecule has 1 aliphatic carbocycles. The zero-order valence-corrected chi connectivity index (χ0v) is 10.9. The molecule has 98 valence electrons. The summed E-state index contributed by atoms with van der Waals surface area (Å²) in [5, 5.41) is 12.7. The second-order valence-corrected chi connectivity index (χ2v) is 5.76. The summed E-state index contributed by atoms with van der Waals surface area (Å²) in [5.41, 5.74) is 0. The summed E-state index contributed by atoms with van der Waals surface area (Å²) < 4.78 is 0. The van der Waals surface area contributed by atoms with Gasteiger partial charge >= 0.3 is 5.97 Å². The highest BCUT2D eigenvalue weighted by atomic mass is 16.4. The van der Waals surface area contributed by atoms with Crippen molar-refractivity contribution < 1.29 is 9.90 Å². The Hall–Kier alpha value is -0.610. The first kappa shape index (κ1) is 12.8. The summed E-state index contributed by atoms with van der Waals surface area (Å²) in [5.74, 6) is -0.519. The Morgan fingerprint density at radius 2 is 2.12 bits per heavy atom. The number of aliphatic carboxylic acids is 1. The van der Waals surface area contributed by atoms with Crippen molar-refractivity contribution in [3.63, 3.8) is 0 Å².